The van der Waals surface area contributed by atoms with E-state index < -0.39 is 11.2 Å². The van der Waals surface area contributed by atoms with E-state index in [1.807, 2.05) is 6.92 Å². The Kier molecular flexibility index (Phi) is 5.89. The number of amides is 1. The van der Waals surface area contributed by atoms with Crippen molar-refractivity contribution in [1.29, 1.82) is 0 Å². The number of nitrogens with one attached hydrogen (secondary N) is 2. The van der Waals surface area contributed by atoms with E-state index in [2.05, 4.69) is 41.6 Å². The second-order valence-corrected chi connectivity index (χ2v) is 9.12. The minimum atomic E-state index is -0.541. The molecule has 1 saturated carbocycles. The molecule has 3 aromatic rings. The van der Waals surface area contributed by atoms with Crippen molar-refractivity contribution in [1.82, 2.24) is 25.1 Å². The fourth-order valence-electron chi connectivity index (χ4n) is 4.07. The maximum atomic E-state index is 14.1. The number of hydrogen-bond donors (Lipinski definition) is 3. The normalized spacial score (nSPS) is 20.9. The molecule has 0 bridgehead atoms. The molecule has 0 aliphatic heterocycles. The zero-order chi connectivity index (χ0) is 22.3. The highest BCUT2D eigenvalue weighted by Gasteiger charge is 2.40. The van der Waals surface area contributed by atoms with Crippen LogP contribution in [-0.4, -0.2) is 38.7 Å². The Balaban J connectivity index is 1.68. The topological polar surface area (TPSA) is 111 Å². The van der Waals surface area contributed by atoms with E-state index >= 15 is 0 Å². The van der Waals surface area contributed by atoms with Gasteiger partial charge in [0, 0.05) is 36.8 Å². The van der Waals surface area contributed by atoms with Crippen molar-refractivity contribution in [3.8, 4) is 5.69 Å². The second kappa shape index (κ2) is 8.33. The first-order chi connectivity index (χ1) is 14.8. The van der Waals surface area contributed by atoms with Gasteiger partial charge in [-0.25, -0.2) is 14.1 Å². The van der Waals surface area contributed by atoms with Gasteiger partial charge in [0.1, 0.15) is 10.4 Å². The Bertz CT molecular complexity index is 1170. The lowest BCUT2D eigenvalue weighted by molar-refractivity contribution is -0.129. The summed E-state index contributed by atoms with van der Waals surface area (Å²) in [5.41, 5.74) is 6.60. The van der Waals surface area contributed by atoms with E-state index in [-0.39, 0.29) is 29.1 Å². The van der Waals surface area contributed by atoms with Crippen molar-refractivity contribution in [3.05, 3.63) is 39.3 Å². The predicted molar refractivity (Wildman–Crippen MR) is 121 cm³/mol. The second-order valence-electron chi connectivity index (χ2n) is 7.96. The van der Waals surface area contributed by atoms with Crippen LogP contribution in [0.25, 0.3) is 16.7 Å². The summed E-state index contributed by atoms with van der Waals surface area (Å²) < 4.78 is 16.3. The number of fused-ring (bicyclic) bond motifs is 1. The van der Waals surface area contributed by atoms with Gasteiger partial charge < -0.3 is 16.4 Å². The molecule has 11 heteroatoms. The summed E-state index contributed by atoms with van der Waals surface area (Å²) in [4.78, 5) is 21.2. The van der Waals surface area contributed by atoms with Crippen molar-refractivity contribution in [2.24, 2.45) is 11.1 Å². The molecule has 1 fully saturated rings. The van der Waals surface area contributed by atoms with Crippen molar-refractivity contribution >= 4 is 50.4 Å². The quantitative estimate of drug-likeness (QED) is 0.484. The third-order valence-corrected chi connectivity index (χ3v) is 6.64. The fraction of sp³-hybridized carbons (Fsp3) is 0.400. The SMILES string of the molecule is CNC(=O)[C@]1(C)CC[C@@H](Nc2ncc3c(Br)nn(-c4cc(Cl)c(F)c(CN)c4)c3n2)C1. The first kappa shape index (κ1) is 21.9. The van der Waals surface area contributed by atoms with Crippen molar-refractivity contribution in [3.63, 3.8) is 0 Å². The van der Waals surface area contributed by atoms with Crippen LogP contribution in [0.2, 0.25) is 5.02 Å². The largest absolute Gasteiger partial charge is 0.359 e. The minimum absolute atomic E-state index is 0.00728. The average Bonchev–Trinajstić information content (AvgIpc) is 3.30. The lowest BCUT2D eigenvalue weighted by Crippen LogP contribution is -2.35. The zero-order valence-corrected chi connectivity index (χ0v) is 19.4. The van der Waals surface area contributed by atoms with E-state index in [1.54, 1.807) is 24.0 Å². The van der Waals surface area contributed by atoms with Gasteiger partial charge in [0.15, 0.2) is 5.65 Å². The summed E-state index contributed by atoms with van der Waals surface area (Å²) in [5.74, 6) is -0.0699. The van der Waals surface area contributed by atoms with Gasteiger partial charge in [-0.3, -0.25) is 4.79 Å². The van der Waals surface area contributed by atoms with Crippen LogP contribution in [0.3, 0.4) is 0 Å². The number of halogens is 3. The van der Waals surface area contributed by atoms with Gasteiger partial charge >= 0.3 is 0 Å². The number of hydrogen-bond acceptors (Lipinski definition) is 6. The molecule has 1 aromatic carbocycles. The third-order valence-electron chi connectivity index (χ3n) is 5.78. The van der Waals surface area contributed by atoms with Gasteiger partial charge in [0.05, 0.1) is 16.1 Å². The third kappa shape index (κ3) is 3.99. The first-order valence-corrected chi connectivity index (χ1v) is 11.0. The number of nitrogens with two attached hydrogens (primary N) is 1. The molecule has 8 nitrogen and oxygen atoms in total. The van der Waals surface area contributed by atoms with Gasteiger partial charge in [-0.15, -0.1) is 0 Å². The smallest absolute Gasteiger partial charge is 0.225 e. The maximum absolute atomic E-state index is 14.1. The lowest BCUT2D eigenvalue weighted by Gasteiger charge is -2.22. The van der Waals surface area contributed by atoms with E-state index in [4.69, 9.17) is 17.3 Å². The molecule has 2 aromatic heterocycles. The van der Waals surface area contributed by atoms with E-state index in [0.29, 0.717) is 33.7 Å². The molecule has 1 aliphatic rings. The number of nitrogens with zero attached hydrogens (tertiary/aromatic N) is 4. The maximum Gasteiger partial charge on any atom is 0.225 e. The van der Waals surface area contributed by atoms with Gasteiger partial charge in [0.25, 0.3) is 0 Å². The molecule has 0 unspecified atom stereocenters. The van der Waals surface area contributed by atoms with Gasteiger partial charge in [0.2, 0.25) is 11.9 Å². The number of carbonyl (C=O) groups excluding carboxylic acids is 1. The lowest BCUT2D eigenvalue weighted by atomic mass is 9.87. The van der Waals surface area contributed by atoms with E-state index in [0.717, 1.165) is 12.8 Å². The standard InChI is InChI=1S/C20H22BrClFN7O/c1-20(18(31)25-2)4-3-11(7-20)27-19-26-9-13-16(21)29-30(17(13)28-19)12-5-10(8-24)15(23)14(22)6-12/h5-6,9,11H,3-4,7-8,24H2,1-2H3,(H,25,31)(H,26,27,28)/t11-,20-/m1/s1. The van der Waals surface area contributed by atoms with Crippen LogP contribution < -0.4 is 16.4 Å². The number of anilines is 1. The monoisotopic (exact) mass is 509 g/mol. The van der Waals surface area contributed by atoms with Gasteiger partial charge in [-0.05, 0) is 47.3 Å². The number of rotatable bonds is 5. The number of carbonyl (C=O) groups is 1. The summed E-state index contributed by atoms with van der Waals surface area (Å²) in [6.45, 7) is 1.98. The Hall–Kier alpha value is -2.30. The molecule has 4 N–H and O–H groups in total. The van der Waals surface area contributed by atoms with Crippen LogP contribution in [0.4, 0.5) is 10.3 Å². The molecule has 2 heterocycles. The van der Waals surface area contributed by atoms with Crippen LogP contribution in [0.1, 0.15) is 31.7 Å². The van der Waals surface area contributed by atoms with Gasteiger partial charge in [-0.2, -0.15) is 10.1 Å². The number of aromatic nitrogens is 4. The summed E-state index contributed by atoms with van der Waals surface area (Å²) in [5, 5.41) is 11.2. The number of benzene rings is 1. The molecule has 1 aliphatic carbocycles. The van der Waals surface area contributed by atoms with E-state index in [1.165, 1.54) is 6.07 Å². The molecular weight excluding hydrogens is 489 g/mol. The summed E-state index contributed by atoms with van der Waals surface area (Å²) in [7, 11) is 1.65. The Morgan fingerprint density at radius 2 is 2.26 bits per heavy atom. The summed E-state index contributed by atoms with van der Waals surface area (Å²) in [6, 6.07) is 3.15. The molecule has 0 radical (unpaired) electrons. The Morgan fingerprint density at radius 3 is 2.97 bits per heavy atom. The van der Waals surface area contributed by atoms with Crippen LogP contribution >= 0.6 is 27.5 Å². The van der Waals surface area contributed by atoms with Crippen LogP contribution in [0, 0.1) is 11.2 Å². The van der Waals surface area contributed by atoms with Crippen LogP contribution in [0.15, 0.2) is 22.9 Å². The highest BCUT2D eigenvalue weighted by atomic mass is 79.9. The molecule has 31 heavy (non-hydrogen) atoms. The Labute approximate surface area is 191 Å². The Morgan fingerprint density at radius 1 is 1.48 bits per heavy atom. The van der Waals surface area contributed by atoms with Crippen LogP contribution in [0.5, 0.6) is 0 Å². The molecule has 1 amide bonds. The first-order valence-electron chi connectivity index (χ1n) is 9.84. The highest BCUT2D eigenvalue weighted by molar-refractivity contribution is 9.10. The molecule has 2 atom stereocenters. The predicted octanol–water partition coefficient (Wildman–Crippen LogP) is 3.55. The molecule has 0 spiro atoms. The summed E-state index contributed by atoms with van der Waals surface area (Å²) >= 11 is 9.48. The van der Waals surface area contributed by atoms with Crippen molar-refractivity contribution < 1.29 is 9.18 Å². The van der Waals surface area contributed by atoms with Gasteiger partial charge in [-0.1, -0.05) is 18.5 Å². The van der Waals surface area contributed by atoms with Crippen molar-refractivity contribution in [2.75, 3.05) is 12.4 Å². The van der Waals surface area contributed by atoms with E-state index in [9.17, 15) is 9.18 Å². The van der Waals surface area contributed by atoms with Crippen molar-refractivity contribution in [2.45, 2.75) is 38.8 Å². The molecule has 0 saturated heterocycles. The van der Waals surface area contributed by atoms with Crippen LogP contribution in [-0.2, 0) is 11.3 Å². The fourth-order valence-corrected chi connectivity index (χ4v) is 4.75. The molecule has 164 valence electrons. The molecular formula is C20H22BrClFN7O. The highest BCUT2D eigenvalue weighted by Crippen LogP contribution is 2.39. The molecule has 4 rings (SSSR count). The zero-order valence-electron chi connectivity index (χ0n) is 17.0. The minimum Gasteiger partial charge on any atom is -0.359 e. The average molecular weight is 511 g/mol. The summed E-state index contributed by atoms with van der Waals surface area (Å²) in [6.07, 6.45) is 3.97.